The third kappa shape index (κ3) is 4.25. The molecule has 2 aliphatic rings. The predicted octanol–water partition coefficient (Wildman–Crippen LogP) is 4.08. The lowest BCUT2D eigenvalue weighted by atomic mass is 9.87. The highest BCUT2D eigenvalue weighted by atomic mass is 35.5. The van der Waals surface area contributed by atoms with Gasteiger partial charge in [0.2, 0.25) is 10.0 Å². The molecule has 1 atom stereocenters. The van der Waals surface area contributed by atoms with Gasteiger partial charge in [0.05, 0.1) is 4.90 Å². The summed E-state index contributed by atoms with van der Waals surface area (Å²) in [7, 11) is -1.45. The van der Waals surface area contributed by atoms with E-state index in [1.54, 1.807) is 18.2 Å². The van der Waals surface area contributed by atoms with Crippen LogP contribution in [0.5, 0.6) is 0 Å². The van der Waals surface area contributed by atoms with Crippen LogP contribution in [-0.4, -0.2) is 52.6 Å². The third-order valence-electron chi connectivity index (χ3n) is 6.73. The Kier molecular flexibility index (Phi) is 5.88. The maximum absolute atomic E-state index is 13.1. The molecule has 1 N–H and O–H groups in total. The zero-order chi connectivity index (χ0) is 22.3. The molecule has 0 aromatic heterocycles. The van der Waals surface area contributed by atoms with Crippen LogP contribution in [0.15, 0.2) is 59.5 Å². The van der Waals surface area contributed by atoms with E-state index >= 15 is 0 Å². The lowest BCUT2D eigenvalue weighted by Gasteiger charge is -2.37. The number of piperazine rings is 1. The van der Waals surface area contributed by atoms with Crippen LogP contribution in [0.25, 0.3) is 10.8 Å². The molecule has 0 amide bonds. The van der Waals surface area contributed by atoms with Crippen molar-refractivity contribution < 1.29 is 8.42 Å². The normalized spacial score (nSPS) is 19.8. The number of sulfonamides is 1. The maximum Gasteiger partial charge on any atom is 0.240 e. The second-order valence-electron chi connectivity index (χ2n) is 8.89. The van der Waals surface area contributed by atoms with E-state index in [0.29, 0.717) is 5.02 Å². The average Bonchev–Trinajstić information content (AvgIpc) is 2.79. The Morgan fingerprint density at radius 1 is 1.00 bits per heavy atom. The first-order chi connectivity index (χ1) is 15.4. The minimum Gasteiger partial charge on any atom is -0.369 e. The van der Waals surface area contributed by atoms with E-state index in [-0.39, 0.29) is 10.9 Å². The molecule has 1 aliphatic heterocycles. The standard InChI is InChI=1S/C25H28ClN3O2S/c1-28-12-14-29(15-13-28)25-7-3-5-18-16-20(8-10-23(18)25)27-32(30,31)21-9-11-22-19(17-21)4-2-6-24(22)26/h2-7,9,11,17,20,27H,8,10,12-16H2,1H3. The van der Waals surface area contributed by atoms with Crippen molar-refractivity contribution in [2.75, 3.05) is 38.1 Å². The summed E-state index contributed by atoms with van der Waals surface area (Å²) < 4.78 is 29.2. The zero-order valence-corrected chi connectivity index (χ0v) is 19.8. The lowest BCUT2D eigenvalue weighted by molar-refractivity contribution is 0.312. The SMILES string of the molecule is CN1CCN(c2cccc3c2CCC(NS(=O)(=O)c2ccc4c(Cl)cccc4c2)C3)CC1. The second-order valence-corrected chi connectivity index (χ2v) is 11.0. The summed E-state index contributed by atoms with van der Waals surface area (Å²) in [5, 5.41) is 2.31. The molecule has 0 saturated carbocycles. The lowest BCUT2D eigenvalue weighted by Crippen LogP contribution is -2.45. The Morgan fingerprint density at radius 3 is 2.59 bits per heavy atom. The van der Waals surface area contributed by atoms with E-state index in [9.17, 15) is 8.42 Å². The van der Waals surface area contributed by atoms with Crippen LogP contribution >= 0.6 is 11.6 Å². The van der Waals surface area contributed by atoms with E-state index in [4.69, 9.17) is 11.6 Å². The number of hydrogen-bond acceptors (Lipinski definition) is 4. The van der Waals surface area contributed by atoms with Crippen LogP contribution in [-0.2, 0) is 22.9 Å². The largest absolute Gasteiger partial charge is 0.369 e. The fourth-order valence-corrected chi connectivity index (χ4v) is 6.46. The van der Waals surface area contributed by atoms with Crippen molar-refractivity contribution in [3.05, 3.63) is 70.7 Å². The highest BCUT2D eigenvalue weighted by Crippen LogP contribution is 2.32. The molecule has 168 valence electrons. The van der Waals surface area contributed by atoms with Crippen LogP contribution in [0.4, 0.5) is 5.69 Å². The Balaban J connectivity index is 1.34. The van der Waals surface area contributed by atoms with Crippen LogP contribution < -0.4 is 9.62 Å². The van der Waals surface area contributed by atoms with Crippen molar-refractivity contribution in [2.24, 2.45) is 0 Å². The van der Waals surface area contributed by atoms with E-state index in [0.717, 1.165) is 56.2 Å². The Hall–Kier alpha value is -2.12. The molecule has 5 rings (SSSR count). The molecular weight excluding hydrogens is 442 g/mol. The van der Waals surface area contributed by atoms with E-state index < -0.39 is 10.0 Å². The molecule has 32 heavy (non-hydrogen) atoms. The minimum atomic E-state index is -3.61. The molecule has 3 aromatic rings. The van der Waals surface area contributed by atoms with Gasteiger partial charge in [0.25, 0.3) is 0 Å². The summed E-state index contributed by atoms with van der Waals surface area (Å²) in [6, 6.07) is 17.0. The first-order valence-corrected chi connectivity index (χ1v) is 13.0. The molecule has 0 radical (unpaired) electrons. The van der Waals surface area contributed by atoms with Crippen molar-refractivity contribution in [3.63, 3.8) is 0 Å². The van der Waals surface area contributed by atoms with Crippen LogP contribution in [0.1, 0.15) is 17.5 Å². The Morgan fingerprint density at radius 2 is 1.78 bits per heavy atom. The molecule has 0 spiro atoms. The van der Waals surface area contributed by atoms with Crippen molar-refractivity contribution in [3.8, 4) is 0 Å². The minimum absolute atomic E-state index is 0.106. The number of likely N-dealkylation sites (N-methyl/N-ethyl adjacent to an activating group) is 1. The molecule has 3 aromatic carbocycles. The molecule has 7 heteroatoms. The zero-order valence-electron chi connectivity index (χ0n) is 18.2. The van der Waals surface area contributed by atoms with Gasteiger partial charge in [0, 0.05) is 48.3 Å². The fourth-order valence-electron chi connectivity index (χ4n) is 4.91. The number of hydrogen-bond donors (Lipinski definition) is 1. The number of fused-ring (bicyclic) bond motifs is 2. The quantitative estimate of drug-likeness (QED) is 0.625. The monoisotopic (exact) mass is 469 g/mol. The number of anilines is 1. The molecule has 1 saturated heterocycles. The van der Waals surface area contributed by atoms with Crippen molar-refractivity contribution in [1.29, 1.82) is 0 Å². The van der Waals surface area contributed by atoms with Crippen LogP contribution in [0.2, 0.25) is 5.02 Å². The summed E-state index contributed by atoms with van der Waals surface area (Å²) in [5.74, 6) is 0. The smallest absolute Gasteiger partial charge is 0.240 e. The predicted molar refractivity (Wildman–Crippen MR) is 131 cm³/mol. The second kappa shape index (κ2) is 8.67. The summed E-state index contributed by atoms with van der Waals surface area (Å²) in [6.45, 7) is 4.22. The molecule has 5 nitrogen and oxygen atoms in total. The first-order valence-electron chi connectivity index (χ1n) is 11.2. The van der Waals surface area contributed by atoms with Gasteiger partial charge in [0.1, 0.15) is 0 Å². The Labute approximate surface area is 195 Å². The maximum atomic E-state index is 13.1. The summed E-state index contributed by atoms with van der Waals surface area (Å²) in [6.07, 6.45) is 2.41. The van der Waals surface area contributed by atoms with Gasteiger partial charge in [-0.2, -0.15) is 0 Å². The molecule has 0 bridgehead atoms. The topological polar surface area (TPSA) is 52.6 Å². The van der Waals surface area contributed by atoms with Gasteiger partial charge in [-0.05, 0) is 67.1 Å². The van der Waals surface area contributed by atoms with Crippen LogP contribution in [0.3, 0.4) is 0 Å². The van der Waals surface area contributed by atoms with Gasteiger partial charge in [-0.25, -0.2) is 13.1 Å². The van der Waals surface area contributed by atoms with E-state index in [1.807, 2.05) is 18.2 Å². The highest BCUT2D eigenvalue weighted by Gasteiger charge is 2.27. The molecular formula is C25H28ClN3O2S. The summed E-state index contributed by atoms with van der Waals surface area (Å²) in [5.41, 5.74) is 3.96. The van der Waals surface area contributed by atoms with Gasteiger partial charge in [-0.3, -0.25) is 0 Å². The number of rotatable bonds is 4. The summed E-state index contributed by atoms with van der Waals surface area (Å²) in [4.78, 5) is 5.12. The van der Waals surface area contributed by atoms with E-state index in [1.165, 1.54) is 16.8 Å². The molecule has 1 unspecified atom stereocenters. The van der Waals surface area contributed by atoms with Gasteiger partial charge in [-0.1, -0.05) is 41.9 Å². The first kappa shape index (κ1) is 21.7. The number of nitrogens with zero attached hydrogens (tertiary/aromatic N) is 2. The van der Waals surface area contributed by atoms with Crippen molar-refractivity contribution in [1.82, 2.24) is 9.62 Å². The average molecular weight is 470 g/mol. The summed E-state index contributed by atoms with van der Waals surface area (Å²) >= 11 is 6.23. The van der Waals surface area contributed by atoms with Crippen molar-refractivity contribution >= 4 is 38.1 Å². The van der Waals surface area contributed by atoms with Gasteiger partial charge in [-0.15, -0.1) is 0 Å². The van der Waals surface area contributed by atoms with Crippen molar-refractivity contribution in [2.45, 2.75) is 30.2 Å². The van der Waals surface area contributed by atoms with Crippen LogP contribution in [0, 0.1) is 0 Å². The molecule has 1 aliphatic carbocycles. The van der Waals surface area contributed by atoms with Gasteiger partial charge < -0.3 is 9.80 Å². The number of nitrogens with one attached hydrogen (secondary N) is 1. The number of halogens is 1. The Bertz CT molecular complexity index is 1250. The van der Waals surface area contributed by atoms with E-state index in [2.05, 4.69) is 39.8 Å². The molecule has 1 heterocycles. The molecule has 1 fully saturated rings. The number of benzene rings is 3. The highest BCUT2D eigenvalue weighted by molar-refractivity contribution is 7.89. The third-order valence-corrected chi connectivity index (χ3v) is 8.58. The fraction of sp³-hybridized carbons (Fsp3) is 0.360. The van der Waals surface area contributed by atoms with Gasteiger partial charge >= 0.3 is 0 Å². The van der Waals surface area contributed by atoms with Gasteiger partial charge in [0.15, 0.2) is 0 Å².